The minimum absolute atomic E-state index is 0.0284. The molecule has 7 nitrogen and oxygen atoms in total. The number of benzene rings is 1. The van der Waals surface area contributed by atoms with E-state index in [0.717, 1.165) is 0 Å². The Labute approximate surface area is 108 Å². The number of nitrogens with zero attached hydrogens (tertiary/aromatic N) is 1. The van der Waals surface area contributed by atoms with Gasteiger partial charge in [-0.15, -0.1) is 0 Å². The zero-order valence-electron chi connectivity index (χ0n) is 9.96. The molecule has 0 radical (unpaired) electrons. The van der Waals surface area contributed by atoms with E-state index in [-0.39, 0.29) is 12.2 Å². The summed E-state index contributed by atoms with van der Waals surface area (Å²) in [5, 5.41) is 21.9. The van der Waals surface area contributed by atoms with E-state index in [9.17, 15) is 19.7 Å². The molecule has 1 aromatic rings. The van der Waals surface area contributed by atoms with Crippen molar-refractivity contribution in [2.45, 2.75) is 19.4 Å². The number of aliphatic carboxylic acids is 1. The first-order valence-corrected chi connectivity index (χ1v) is 5.71. The van der Waals surface area contributed by atoms with Gasteiger partial charge in [0, 0.05) is 18.7 Å². The van der Waals surface area contributed by atoms with Gasteiger partial charge in [0.15, 0.2) is 0 Å². The van der Waals surface area contributed by atoms with E-state index in [1.54, 1.807) is 0 Å². The number of carboxylic acids is 1. The second-order valence-corrected chi connectivity index (χ2v) is 4.49. The SMILES string of the molecule is O=C(O)C1(C(=O)NCc2ccc([N+](=O)[O-])cc2)CC1. The van der Waals surface area contributed by atoms with Crippen LogP contribution in [0.2, 0.25) is 0 Å². The molecule has 0 heterocycles. The average Bonchev–Trinajstić information content (AvgIpc) is 3.17. The molecule has 0 spiro atoms. The summed E-state index contributed by atoms with van der Waals surface area (Å²) >= 11 is 0. The summed E-state index contributed by atoms with van der Waals surface area (Å²) in [4.78, 5) is 32.6. The maximum Gasteiger partial charge on any atom is 0.319 e. The van der Waals surface area contributed by atoms with Gasteiger partial charge in [-0.1, -0.05) is 12.1 Å². The van der Waals surface area contributed by atoms with Crippen molar-refractivity contribution in [3.05, 3.63) is 39.9 Å². The number of non-ortho nitro benzene ring substituents is 1. The second kappa shape index (κ2) is 4.68. The Hall–Kier alpha value is -2.44. The van der Waals surface area contributed by atoms with Gasteiger partial charge in [0.1, 0.15) is 5.41 Å². The zero-order valence-corrected chi connectivity index (χ0v) is 9.96. The van der Waals surface area contributed by atoms with Crippen LogP contribution in [0.25, 0.3) is 0 Å². The summed E-state index contributed by atoms with van der Waals surface area (Å²) in [5.41, 5.74) is -0.611. The molecule has 1 aliphatic rings. The van der Waals surface area contributed by atoms with Crippen molar-refractivity contribution in [2.75, 3.05) is 0 Å². The highest BCUT2D eigenvalue weighted by atomic mass is 16.6. The quantitative estimate of drug-likeness (QED) is 0.469. The molecule has 0 saturated heterocycles. The number of carboxylic acid groups (broad SMARTS) is 1. The van der Waals surface area contributed by atoms with Crippen LogP contribution in [0.3, 0.4) is 0 Å². The van der Waals surface area contributed by atoms with Gasteiger partial charge in [0.25, 0.3) is 5.69 Å². The number of carbonyl (C=O) groups is 2. The molecule has 1 aliphatic carbocycles. The van der Waals surface area contributed by atoms with E-state index >= 15 is 0 Å². The number of nitro benzene ring substituents is 1. The molecule has 2 N–H and O–H groups in total. The molecule has 1 amide bonds. The predicted molar refractivity (Wildman–Crippen MR) is 64.2 cm³/mol. The summed E-state index contributed by atoms with van der Waals surface area (Å²) in [7, 11) is 0. The van der Waals surface area contributed by atoms with Gasteiger partial charge in [0.2, 0.25) is 5.91 Å². The van der Waals surface area contributed by atoms with Crippen molar-refractivity contribution < 1.29 is 19.6 Å². The van der Waals surface area contributed by atoms with Crippen LogP contribution in [-0.2, 0) is 16.1 Å². The summed E-state index contributed by atoms with van der Waals surface area (Å²) in [6, 6.07) is 5.73. The van der Waals surface area contributed by atoms with Crippen LogP contribution in [0.1, 0.15) is 18.4 Å². The van der Waals surface area contributed by atoms with E-state index in [1.807, 2.05) is 0 Å². The average molecular weight is 264 g/mol. The molecule has 0 bridgehead atoms. The molecule has 0 aromatic heterocycles. The number of nitrogens with one attached hydrogen (secondary N) is 1. The third-order valence-electron chi connectivity index (χ3n) is 3.19. The van der Waals surface area contributed by atoms with E-state index in [2.05, 4.69) is 5.32 Å². The van der Waals surface area contributed by atoms with Gasteiger partial charge < -0.3 is 10.4 Å². The molecule has 0 aliphatic heterocycles. The molecule has 19 heavy (non-hydrogen) atoms. The lowest BCUT2D eigenvalue weighted by atomic mass is 10.1. The van der Waals surface area contributed by atoms with Gasteiger partial charge >= 0.3 is 5.97 Å². The van der Waals surface area contributed by atoms with Gasteiger partial charge in [0.05, 0.1) is 4.92 Å². The Morgan fingerprint density at radius 2 is 1.89 bits per heavy atom. The first-order chi connectivity index (χ1) is 8.95. The van der Waals surface area contributed by atoms with E-state index in [1.165, 1.54) is 24.3 Å². The lowest BCUT2D eigenvalue weighted by molar-refractivity contribution is -0.384. The fourth-order valence-corrected chi connectivity index (χ4v) is 1.75. The molecular formula is C12H12N2O5. The molecule has 1 aromatic carbocycles. The number of hydrogen-bond donors (Lipinski definition) is 2. The fraction of sp³-hybridized carbons (Fsp3) is 0.333. The molecule has 7 heteroatoms. The van der Waals surface area contributed by atoms with Crippen LogP contribution >= 0.6 is 0 Å². The zero-order chi connectivity index (χ0) is 14.0. The number of rotatable bonds is 5. The Bertz CT molecular complexity index is 534. The Morgan fingerprint density at radius 1 is 1.32 bits per heavy atom. The minimum atomic E-state index is -1.26. The first kappa shape index (κ1) is 13.0. The molecule has 2 rings (SSSR count). The lowest BCUT2D eigenvalue weighted by Crippen LogP contribution is -2.36. The van der Waals surface area contributed by atoms with Crippen molar-refractivity contribution >= 4 is 17.6 Å². The van der Waals surface area contributed by atoms with Crippen molar-refractivity contribution in [1.82, 2.24) is 5.32 Å². The molecule has 0 unspecified atom stereocenters. The highest BCUT2D eigenvalue weighted by molar-refractivity contribution is 6.04. The molecule has 1 saturated carbocycles. The van der Waals surface area contributed by atoms with Crippen LogP contribution in [0.15, 0.2) is 24.3 Å². The third-order valence-corrected chi connectivity index (χ3v) is 3.19. The monoisotopic (exact) mass is 264 g/mol. The van der Waals surface area contributed by atoms with Crippen LogP contribution in [0.4, 0.5) is 5.69 Å². The van der Waals surface area contributed by atoms with Crippen molar-refractivity contribution in [3.63, 3.8) is 0 Å². The predicted octanol–water partition coefficient (Wildman–Crippen LogP) is 1.08. The lowest BCUT2D eigenvalue weighted by Gasteiger charge is -2.10. The van der Waals surface area contributed by atoms with Crippen LogP contribution in [0.5, 0.6) is 0 Å². The van der Waals surface area contributed by atoms with Gasteiger partial charge in [-0.3, -0.25) is 19.7 Å². The van der Waals surface area contributed by atoms with Crippen molar-refractivity contribution in [2.24, 2.45) is 5.41 Å². The van der Waals surface area contributed by atoms with Crippen molar-refractivity contribution in [3.8, 4) is 0 Å². The molecule has 0 atom stereocenters. The Balaban J connectivity index is 1.94. The van der Waals surface area contributed by atoms with Crippen LogP contribution in [0, 0.1) is 15.5 Å². The van der Waals surface area contributed by atoms with Crippen LogP contribution < -0.4 is 5.32 Å². The molecule has 100 valence electrons. The first-order valence-electron chi connectivity index (χ1n) is 5.71. The fourth-order valence-electron chi connectivity index (χ4n) is 1.75. The second-order valence-electron chi connectivity index (χ2n) is 4.49. The minimum Gasteiger partial charge on any atom is -0.480 e. The summed E-state index contributed by atoms with van der Waals surface area (Å²) in [5.74, 6) is -1.60. The summed E-state index contributed by atoms with van der Waals surface area (Å²) < 4.78 is 0. The maximum atomic E-state index is 11.7. The number of hydrogen-bond acceptors (Lipinski definition) is 4. The number of nitro groups is 1. The largest absolute Gasteiger partial charge is 0.480 e. The highest BCUT2D eigenvalue weighted by Crippen LogP contribution is 2.46. The van der Waals surface area contributed by atoms with Gasteiger partial charge in [-0.05, 0) is 18.4 Å². The van der Waals surface area contributed by atoms with E-state index in [0.29, 0.717) is 18.4 Å². The number of amides is 1. The van der Waals surface area contributed by atoms with Gasteiger partial charge in [-0.25, -0.2) is 0 Å². The van der Waals surface area contributed by atoms with Crippen molar-refractivity contribution in [1.29, 1.82) is 0 Å². The number of carbonyl (C=O) groups excluding carboxylic acids is 1. The molecule has 1 fully saturated rings. The molecular weight excluding hydrogens is 252 g/mol. The van der Waals surface area contributed by atoms with Gasteiger partial charge in [-0.2, -0.15) is 0 Å². The summed E-state index contributed by atoms with van der Waals surface area (Å²) in [6.07, 6.45) is 0.711. The summed E-state index contributed by atoms with van der Waals surface area (Å²) in [6.45, 7) is 0.159. The highest BCUT2D eigenvalue weighted by Gasteiger charge is 2.56. The maximum absolute atomic E-state index is 11.7. The van der Waals surface area contributed by atoms with Crippen LogP contribution in [-0.4, -0.2) is 21.9 Å². The topological polar surface area (TPSA) is 110 Å². The normalized spacial score (nSPS) is 15.6. The third kappa shape index (κ3) is 2.54. The smallest absolute Gasteiger partial charge is 0.319 e. The van der Waals surface area contributed by atoms with E-state index in [4.69, 9.17) is 5.11 Å². The standard InChI is InChI=1S/C12H12N2O5/c15-10(12(5-6-12)11(16)17)13-7-8-1-3-9(4-2-8)14(18)19/h1-4H,5-7H2,(H,13,15)(H,16,17). The van der Waals surface area contributed by atoms with E-state index < -0.39 is 22.2 Å². The Morgan fingerprint density at radius 3 is 2.32 bits per heavy atom. The Kier molecular flexibility index (Phi) is 3.20.